The van der Waals surface area contributed by atoms with Crippen LogP contribution in [0.5, 0.6) is 0 Å². The van der Waals surface area contributed by atoms with Crippen LogP contribution in [0.1, 0.15) is 26.3 Å². The lowest BCUT2D eigenvalue weighted by Gasteiger charge is -2.21. The summed E-state index contributed by atoms with van der Waals surface area (Å²) >= 11 is 0. The lowest BCUT2D eigenvalue weighted by molar-refractivity contribution is -0.136. The van der Waals surface area contributed by atoms with Crippen molar-refractivity contribution in [1.82, 2.24) is 5.32 Å². The Bertz CT molecular complexity index is 436. The van der Waals surface area contributed by atoms with E-state index in [2.05, 4.69) is 10.6 Å². The molecule has 0 saturated heterocycles. The van der Waals surface area contributed by atoms with Gasteiger partial charge in [-0.2, -0.15) is 13.2 Å². The Morgan fingerprint density at radius 2 is 1.67 bits per heavy atom. The van der Waals surface area contributed by atoms with Crippen LogP contribution in [0.3, 0.4) is 0 Å². The molecule has 0 unspecified atom stereocenters. The van der Waals surface area contributed by atoms with Gasteiger partial charge < -0.3 is 10.6 Å². The normalized spacial score (nSPS) is 12.1. The van der Waals surface area contributed by atoms with Crippen molar-refractivity contribution in [2.45, 2.75) is 32.5 Å². The summed E-state index contributed by atoms with van der Waals surface area (Å²) in [7, 11) is 0. The van der Waals surface area contributed by atoms with Gasteiger partial charge in [-0.25, -0.2) is 4.79 Å². The van der Waals surface area contributed by atoms with Crippen LogP contribution in [0.15, 0.2) is 24.3 Å². The molecule has 18 heavy (non-hydrogen) atoms. The summed E-state index contributed by atoms with van der Waals surface area (Å²) in [6.45, 7) is 5.22. The highest BCUT2D eigenvalue weighted by Crippen LogP contribution is 2.34. The number of urea groups is 1. The summed E-state index contributed by atoms with van der Waals surface area (Å²) < 4.78 is 38.0. The number of para-hydroxylation sites is 1. The molecule has 0 spiro atoms. The highest BCUT2D eigenvalue weighted by Gasteiger charge is 2.33. The van der Waals surface area contributed by atoms with Gasteiger partial charge in [-0.3, -0.25) is 0 Å². The maximum absolute atomic E-state index is 12.7. The molecule has 0 saturated carbocycles. The third-order valence-electron chi connectivity index (χ3n) is 1.97. The third kappa shape index (κ3) is 4.27. The van der Waals surface area contributed by atoms with E-state index in [0.29, 0.717) is 0 Å². The smallest absolute Gasteiger partial charge is 0.333 e. The van der Waals surface area contributed by atoms with Crippen molar-refractivity contribution in [1.29, 1.82) is 0 Å². The molecule has 0 atom stereocenters. The monoisotopic (exact) mass is 260 g/mol. The summed E-state index contributed by atoms with van der Waals surface area (Å²) in [5.74, 6) is 0. The first-order chi connectivity index (χ1) is 8.09. The number of nitrogens with one attached hydrogen (secondary N) is 2. The first-order valence-corrected chi connectivity index (χ1v) is 5.35. The second kappa shape index (κ2) is 4.88. The van der Waals surface area contributed by atoms with E-state index in [-0.39, 0.29) is 5.69 Å². The lowest BCUT2D eigenvalue weighted by Crippen LogP contribution is -2.43. The SMILES string of the molecule is CC(C)(C)NC(=O)Nc1ccccc1C(F)(F)F. The van der Waals surface area contributed by atoms with E-state index in [1.54, 1.807) is 20.8 Å². The zero-order chi connectivity index (χ0) is 14.0. The summed E-state index contributed by atoms with van der Waals surface area (Å²) in [5, 5.41) is 4.73. The minimum Gasteiger partial charge on any atom is -0.333 e. The van der Waals surface area contributed by atoms with Crippen LogP contribution in [0.4, 0.5) is 23.7 Å². The van der Waals surface area contributed by atoms with Crippen molar-refractivity contribution in [3.63, 3.8) is 0 Å². The van der Waals surface area contributed by atoms with Gasteiger partial charge in [-0.05, 0) is 32.9 Å². The molecule has 100 valence electrons. The van der Waals surface area contributed by atoms with Crippen LogP contribution in [-0.4, -0.2) is 11.6 Å². The molecule has 0 aromatic heterocycles. The number of halogens is 3. The predicted octanol–water partition coefficient (Wildman–Crippen LogP) is 3.63. The third-order valence-corrected chi connectivity index (χ3v) is 1.97. The van der Waals surface area contributed by atoms with Gasteiger partial charge in [-0.15, -0.1) is 0 Å². The van der Waals surface area contributed by atoms with E-state index >= 15 is 0 Å². The zero-order valence-corrected chi connectivity index (χ0v) is 10.4. The second-order valence-corrected chi connectivity index (χ2v) is 4.87. The first kappa shape index (κ1) is 14.3. The molecule has 0 heterocycles. The van der Waals surface area contributed by atoms with Gasteiger partial charge in [0.2, 0.25) is 0 Å². The topological polar surface area (TPSA) is 41.1 Å². The molecule has 2 N–H and O–H groups in total. The van der Waals surface area contributed by atoms with Gasteiger partial charge in [0.25, 0.3) is 0 Å². The highest BCUT2D eigenvalue weighted by atomic mass is 19.4. The van der Waals surface area contributed by atoms with Crippen LogP contribution in [0, 0.1) is 0 Å². The van der Waals surface area contributed by atoms with Crippen LogP contribution in [0.2, 0.25) is 0 Å². The van der Waals surface area contributed by atoms with E-state index in [1.807, 2.05) is 0 Å². The minimum absolute atomic E-state index is 0.258. The molecule has 3 nitrogen and oxygen atoms in total. The molecular formula is C12H15F3N2O. The largest absolute Gasteiger partial charge is 0.418 e. The fourth-order valence-electron chi connectivity index (χ4n) is 1.33. The van der Waals surface area contributed by atoms with Gasteiger partial charge in [0.1, 0.15) is 0 Å². The quantitative estimate of drug-likeness (QED) is 0.795. The molecule has 1 rings (SSSR count). The Balaban J connectivity index is 2.89. The number of benzene rings is 1. The van der Waals surface area contributed by atoms with Crippen molar-refractivity contribution in [3.05, 3.63) is 29.8 Å². The maximum Gasteiger partial charge on any atom is 0.418 e. The van der Waals surface area contributed by atoms with Gasteiger partial charge >= 0.3 is 12.2 Å². The number of carbonyl (C=O) groups excluding carboxylic acids is 1. The van der Waals surface area contributed by atoms with Crippen molar-refractivity contribution >= 4 is 11.7 Å². The minimum atomic E-state index is -4.49. The van der Waals surface area contributed by atoms with Crippen LogP contribution >= 0.6 is 0 Å². The Hall–Kier alpha value is -1.72. The number of carbonyl (C=O) groups is 1. The predicted molar refractivity (Wildman–Crippen MR) is 63.4 cm³/mol. The summed E-state index contributed by atoms with van der Waals surface area (Å²) in [4.78, 5) is 11.5. The molecule has 0 radical (unpaired) electrons. The Labute approximate surface area is 103 Å². The second-order valence-electron chi connectivity index (χ2n) is 4.87. The molecule has 0 aliphatic heterocycles. The summed E-state index contributed by atoms with van der Waals surface area (Å²) in [5.41, 5.74) is -1.64. The van der Waals surface area contributed by atoms with Crippen molar-refractivity contribution in [2.75, 3.05) is 5.32 Å². The number of alkyl halides is 3. The molecule has 1 aromatic carbocycles. The standard InChI is InChI=1S/C12H15F3N2O/c1-11(2,3)17-10(18)16-9-7-5-4-6-8(9)12(13,14)15/h4-7H,1-3H3,(H2,16,17,18). The fraction of sp³-hybridized carbons (Fsp3) is 0.417. The molecule has 0 fully saturated rings. The van der Waals surface area contributed by atoms with Gasteiger partial charge in [0.05, 0.1) is 11.3 Å². The average molecular weight is 260 g/mol. The molecular weight excluding hydrogens is 245 g/mol. The van der Waals surface area contributed by atoms with Crippen molar-refractivity contribution in [3.8, 4) is 0 Å². The first-order valence-electron chi connectivity index (χ1n) is 5.35. The molecule has 6 heteroatoms. The average Bonchev–Trinajstić information content (AvgIpc) is 2.13. The summed E-state index contributed by atoms with van der Waals surface area (Å²) in [6.07, 6.45) is -4.49. The van der Waals surface area contributed by atoms with E-state index in [4.69, 9.17) is 0 Å². The molecule has 1 aromatic rings. The van der Waals surface area contributed by atoms with E-state index in [0.717, 1.165) is 6.07 Å². The number of anilines is 1. The van der Waals surface area contributed by atoms with E-state index in [1.165, 1.54) is 18.2 Å². The van der Waals surface area contributed by atoms with Gasteiger partial charge in [-0.1, -0.05) is 12.1 Å². The van der Waals surface area contributed by atoms with Gasteiger partial charge in [0, 0.05) is 5.54 Å². The number of hydrogen-bond acceptors (Lipinski definition) is 1. The Morgan fingerprint density at radius 1 is 1.11 bits per heavy atom. The lowest BCUT2D eigenvalue weighted by atomic mass is 10.1. The number of rotatable bonds is 1. The molecule has 2 amide bonds. The fourth-order valence-corrected chi connectivity index (χ4v) is 1.33. The van der Waals surface area contributed by atoms with Gasteiger partial charge in [0.15, 0.2) is 0 Å². The van der Waals surface area contributed by atoms with Crippen LogP contribution < -0.4 is 10.6 Å². The van der Waals surface area contributed by atoms with Crippen LogP contribution in [0.25, 0.3) is 0 Å². The van der Waals surface area contributed by atoms with E-state index < -0.39 is 23.3 Å². The molecule has 0 bridgehead atoms. The Kier molecular flexibility index (Phi) is 3.88. The van der Waals surface area contributed by atoms with E-state index in [9.17, 15) is 18.0 Å². The zero-order valence-electron chi connectivity index (χ0n) is 10.4. The summed E-state index contributed by atoms with van der Waals surface area (Å²) in [6, 6.07) is 4.18. The maximum atomic E-state index is 12.7. The molecule has 0 aliphatic rings. The molecule has 0 aliphatic carbocycles. The van der Waals surface area contributed by atoms with Crippen LogP contribution in [-0.2, 0) is 6.18 Å². The van der Waals surface area contributed by atoms with Crippen molar-refractivity contribution < 1.29 is 18.0 Å². The highest BCUT2D eigenvalue weighted by molar-refractivity contribution is 5.90. The number of amides is 2. The Morgan fingerprint density at radius 3 is 2.17 bits per heavy atom. The number of hydrogen-bond donors (Lipinski definition) is 2. The van der Waals surface area contributed by atoms with Crippen molar-refractivity contribution in [2.24, 2.45) is 0 Å².